The Labute approximate surface area is 190 Å². The summed E-state index contributed by atoms with van der Waals surface area (Å²) < 4.78 is 5.29. The summed E-state index contributed by atoms with van der Waals surface area (Å²) in [6.07, 6.45) is 3.77. The zero-order valence-corrected chi connectivity index (χ0v) is 18.7. The van der Waals surface area contributed by atoms with E-state index in [9.17, 15) is 28.8 Å². The summed E-state index contributed by atoms with van der Waals surface area (Å²) in [4.78, 5) is 77.1. The fourth-order valence-electron chi connectivity index (χ4n) is 4.12. The van der Waals surface area contributed by atoms with E-state index in [4.69, 9.17) is 9.57 Å². The number of hydrogen-bond donors (Lipinski definition) is 0. The van der Waals surface area contributed by atoms with Gasteiger partial charge in [0.15, 0.2) is 0 Å². The lowest BCUT2D eigenvalue weighted by atomic mass is 9.82. The molecule has 4 amide bonds. The van der Waals surface area contributed by atoms with Crippen LogP contribution < -0.4 is 0 Å². The van der Waals surface area contributed by atoms with E-state index >= 15 is 0 Å². The van der Waals surface area contributed by atoms with Gasteiger partial charge >= 0.3 is 5.97 Å². The highest BCUT2D eigenvalue weighted by Crippen LogP contribution is 2.33. The monoisotopic (exact) mass is 468 g/mol. The summed E-state index contributed by atoms with van der Waals surface area (Å²) in [5.41, 5.74) is 0. The number of nitrogens with zero attached hydrogens (tertiary/aromatic N) is 2. The molecule has 0 bridgehead atoms. The Morgan fingerprint density at radius 3 is 2.34 bits per heavy atom. The number of aldehydes is 1. The highest BCUT2D eigenvalue weighted by atomic mass is 32.2. The predicted molar refractivity (Wildman–Crippen MR) is 112 cm³/mol. The van der Waals surface area contributed by atoms with E-state index in [1.54, 1.807) is 0 Å². The number of imide groups is 2. The lowest BCUT2D eigenvalue weighted by Gasteiger charge is -2.30. The van der Waals surface area contributed by atoms with Crippen LogP contribution in [0.2, 0.25) is 0 Å². The molecule has 2 heterocycles. The molecular formula is C21H28N2O8S. The van der Waals surface area contributed by atoms with Gasteiger partial charge in [0.2, 0.25) is 11.8 Å². The molecule has 0 aromatic heterocycles. The van der Waals surface area contributed by atoms with E-state index in [2.05, 4.69) is 0 Å². The molecular weight excluding hydrogens is 440 g/mol. The first-order valence-corrected chi connectivity index (χ1v) is 12.0. The van der Waals surface area contributed by atoms with Crippen LogP contribution in [-0.4, -0.2) is 76.6 Å². The van der Waals surface area contributed by atoms with E-state index in [0.29, 0.717) is 62.7 Å². The summed E-state index contributed by atoms with van der Waals surface area (Å²) in [6, 6.07) is 0. The molecule has 0 aromatic carbocycles. The van der Waals surface area contributed by atoms with Crippen molar-refractivity contribution in [2.24, 2.45) is 11.8 Å². The maximum absolute atomic E-state index is 12.6. The number of thioether (sulfide) groups is 1. The highest BCUT2D eigenvalue weighted by molar-refractivity contribution is 8.00. The number of carbonyl (C=O) groups is 6. The Balaban J connectivity index is 1.38. The minimum absolute atomic E-state index is 0.0587. The Morgan fingerprint density at radius 2 is 1.69 bits per heavy atom. The molecule has 2 aliphatic heterocycles. The number of rotatable bonds is 11. The van der Waals surface area contributed by atoms with Gasteiger partial charge < -0.3 is 14.4 Å². The van der Waals surface area contributed by atoms with Crippen LogP contribution in [-0.2, 0) is 38.3 Å². The van der Waals surface area contributed by atoms with Crippen LogP contribution in [0.3, 0.4) is 0 Å². The molecule has 1 unspecified atom stereocenters. The summed E-state index contributed by atoms with van der Waals surface area (Å²) >= 11 is 1.39. The first kappa shape index (κ1) is 24.4. The second-order valence-corrected chi connectivity index (χ2v) is 9.49. The van der Waals surface area contributed by atoms with E-state index in [0.717, 1.165) is 6.29 Å². The Hall–Kier alpha value is -2.27. The number of amides is 4. The van der Waals surface area contributed by atoms with Crippen molar-refractivity contribution < 1.29 is 38.3 Å². The van der Waals surface area contributed by atoms with Crippen molar-refractivity contribution in [3.63, 3.8) is 0 Å². The van der Waals surface area contributed by atoms with Crippen molar-refractivity contribution in [1.82, 2.24) is 9.96 Å². The van der Waals surface area contributed by atoms with Crippen molar-refractivity contribution in [3.05, 3.63) is 0 Å². The van der Waals surface area contributed by atoms with Gasteiger partial charge in [-0.3, -0.25) is 24.1 Å². The van der Waals surface area contributed by atoms with E-state index < -0.39 is 29.0 Å². The van der Waals surface area contributed by atoms with Gasteiger partial charge in [0.25, 0.3) is 11.8 Å². The Morgan fingerprint density at radius 1 is 1.00 bits per heavy atom. The first-order chi connectivity index (χ1) is 15.4. The summed E-state index contributed by atoms with van der Waals surface area (Å²) in [7, 11) is 0. The largest absolute Gasteiger partial charge is 0.380 e. The van der Waals surface area contributed by atoms with Crippen molar-refractivity contribution in [1.29, 1.82) is 0 Å². The van der Waals surface area contributed by atoms with Gasteiger partial charge in [0.05, 0.1) is 24.4 Å². The van der Waals surface area contributed by atoms with E-state index in [-0.39, 0.29) is 37.0 Å². The van der Waals surface area contributed by atoms with Crippen LogP contribution in [0.25, 0.3) is 0 Å². The molecule has 3 aliphatic rings. The zero-order valence-electron chi connectivity index (χ0n) is 17.9. The normalized spacial score (nSPS) is 26.2. The number of ether oxygens (including phenoxy) is 1. The Bertz CT molecular complexity index is 749. The quantitative estimate of drug-likeness (QED) is 0.246. The van der Waals surface area contributed by atoms with Gasteiger partial charge in [-0.2, -0.15) is 0 Å². The molecule has 176 valence electrons. The van der Waals surface area contributed by atoms with Crippen LogP contribution in [0.4, 0.5) is 0 Å². The van der Waals surface area contributed by atoms with Crippen LogP contribution in [0.1, 0.15) is 51.4 Å². The second-order valence-electron chi connectivity index (χ2n) is 8.18. The lowest BCUT2D eigenvalue weighted by molar-refractivity contribution is -0.201. The maximum atomic E-state index is 12.6. The average molecular weight is 469 g/mol. The standard InChI is InChI=1S/C21H28N2O8S/c24-8-1-9-30-10-11-32-16-12-19(27)22(20(16)28)13-14-2-4-15(5-3-14)21(29)31-23-17(25)6-7-18(23)26/h8,14-16H,1-7,9-13H2/t14-,15-,16?. The van der Waals surface area contributed by atoms with Crippen LogP contribution in [0, 0.1) is 11.8 Å². The third-order valence-electron chi connectivity index (χ3n) is 5.94. The second kappa shape index (κ2) is 11.6. The minimum atomic E-state index is -0.577. The van der Waals surface area contributed by atoms with Crippen LogP contribution in [0.15, 0.2) is 0 Å². The summed E-state index contributed by atoms with van der Waals surface area (Å²) in [6.45, 7) is 1.12. The smallest absolute Gasteiger partial charge is 0.336 e. The zero-order chi connectivity index (χ0) is 23.1. The summed E-state index contributed by atoms with van der Waals surface area (Å²) in [5.74, 6) is -1.65. The molecule has 0 N–H and O–H groups in total. The van der Waals surface area contributed by atoms with Gasteiger partial charge in [-0.25, -0.2) is 4.79 Å². The molecule has 1 atom stereocenters. The van der Waals surface area contributed by atoms with Crippen molar-refractivity contribution in [2.75, 3.05) is 25.5 Å². The van der Waals surface area contributed by atoms with Crippen molar-refractivity contribution in [3.8, 4) is 0 Å². The minimum Gasteiger partial charge on any atom is -0.380 e. The van der Waals surface area contributed by atoms with Crippen LogP contribution >= 0.6 is 11.8 Å². The number of hydrogen-bond acceptors (Lipinski definition) is 9. The fourth-order valence-corrected chi connectivity index (χ4v) is 5.15. The lowest BCUT2D eigenvalue weighted by Crippen LogP contribution is -2.39. The maximum Gasteiger partial charge on any atom is 0.336 e. The highest BCUT2D eigenvalue weighted by Gasteiger charge is 2.41. The third kappa shape index (κ3) is 6.16. The molecule has 0 spiro atoms. The molecule has 11 heteroatoms. The van der Waals surface area contributed by atoms with E-state index in [1.165, 1.54) is 16.7 Å². The third-order valence-corrected chi connectivity index (χ3v) is 7.11. The molecule has 10 nitrogen and oxygen atoms in total. The van der Waals surface area contributed by atoms with Gasteiger partial charge in [0.1, 0.15) is 6.29 Å². The number of hydroxylamine groups is 2. The van der Waals surface area contributed by atoms with E-state index in [1.807, 2.05) is 0 Å². The van der Waals surface area contributed by atoms with Crippen molar-refractivity contribution in [2.45, 2.75) is 56.6 Å². The molecule has 1 aliphatic carbocycles. The molecule has 32 heavy (non-hydrogen) atoms. The summed E-state index contributed by atoms with van der Waals surface area (Å²) in [5, 5.41) is 0.167. The van der Waals surface area contributed by atoms with Gasteiger partial charge in [0, 0.05) is 38.0 Å². The number of likely N-dealkylation sites (tertiary alicyclic amines) is 1. The van der Waals surface area contributed by atoms with Gasteiger partial charge in [-0.1, -0.05) is 0 Å². The average Bonchev–Trinajstić information content (AvgIpc) is 3.24. The molecule has 3 rings (SSSR count). The van der Waals surface area contributed by atoms with Crippen LogP contribution in [0.5, 0.6) is 0 Å². The predicted octanol–water partition coefficient (Wildman–Crippen LogP) is 0.866. The van der Waals surface area contributed by atoms with Gasteiger partial charge in [-0.05, 0) is 31.6 Å². The molecule has 0 radical (unpaired) electrons. The first-order valence-electron chi connectivity index (χ1n) is 11.0. The number of carbonyl (C=O) groups excluding carboxylic acids is 6. The Kier molecular flexibility index (Phi) is 8.80. The molecule has 3 fully saturated rings. The molecule has 2 saturated heterocycles. The van der Waals surface area contributed by atoms with Crippen molar-refractivity contribution >= 4 is 47.6 Å². The fraction of sp³-hybridized carbons (Fsp3) is 0.714. The molecule has 0 aromatic rings. The molecule has 1 saturated carbocycles. The SMILES string of the molecule is O=CCCOCCSC1CC(=O)N(C[C@H]2CC[C@H](C(=O)ON3C(=O)CCC3=O)CC2)C1=O. The topological polar surface area (TPSA) is 127 Å². The van der Waals surface area contributed by atoms with Gasteiger partial charge in [-0.15, -0.1) is 16.8 Å².